The highest BCUT2D eigenvalue weighted by atomic mass is 32.1. The third-order valence-electron chi connectivity index (χ3n) is 3.36. The molecule has 0 aliphatic rings. The summed E-state index contributed by atoms with van der Waals surface area (Å²) in [6.45, 7) is 3.89. The fourth-order valence-electron chi connectivity index (χ4n) is 2.10. The van der Waals surface area contributed by atoms with Crippen LogP contribution in [-0.4, -0.2) is 23.5 Å². The molecule has 5 nitrogen and oxygen atoms in total. The van der Waals surface area contributed by atoms with Crippen LogP contribution in [0.3, 0.4) is 0 Å². The van der Waals surface area contributed by atoms with Crippen LogP contribution in [0.5, 0.6) is 0 Å². The number of amides is 2. The van der Waals surface area contributed by atoms with Crippen molar-refractivity contribution < 1.29 is 14.0 Å². The molecule has 0 saturated heterocycles. The van der Waals surface area contributed by atoms with Crippen LogP contribution in [0.2, 0.25) is 0 Å². The number of carbonyl (C=O) groups excluding carboxylic acids is 2. The van der Waals surface area contributed by atoms with Gasteiger partial charge >= 0.3 is 0 Å². The zero-order valence-electron chi connectivity index (χ0n) is 14.4. The summed E-state index contributed by atoms with van der Waals surface area (Å²) in [5, 5.41) is 8.05. The van der Waals surface area contributed by atoms with E-state index in [1.165, 1.54) is 24.3 Å². The minimum atomic E-state index is -0.453. The fourth-order valence-corrected chi connectivity index (χ4v) is 2.31. The summed E-state index contributed by atoms with van der Waals surface area (Å²) in [7, 11) is 0. The van der Waals surface area contributed by atoms with E-state index in [2.05, 4.69) is 22.5 Å². The largest absolute Gasteiger partial charge is 0.349 e. The zero-order chi connectivity index (χ0) is 19.6. The van der Waals surface area contributed by atoms with Crippen LogP contribution in [0.25, 0.3) is 6.08 Å². The normalized spacial score (nSPS) is 10.3. The third kappa shape index (κ3) is 6.48. The van der Waals surface area contributed by atoms with Gasteiger partial charge in [0.15, 0.2) is 5.11 Å². The number of nitrogens with one attached hydrogen (secondary N) is 3. The van der Waals surface area contributed by atoms with Crippen LogP contribution in [0.15, 0.2) is 67.3 Å². The van der Waals surface area contributed by atoms with Crippen LogP contribution >= 0.6 is 12.2 Å². The average Bonchev–Trinajstić information content (AvgIpc) is 2.66. The molecule has 0 spiro atoms. The Hall–Kier alpha value is -3.32. The topological polar surface area (TPSA) is 70.2 Å². The summed E-state index contributed by atoms with van der Waals surface area (Å²) in [4.78, 5) is 24.1. The second-order valence-electron chi connectivity index (χ2n) is 5.37. The summed E-state index contributed by atoms with van der Waals surface area (Å²) in [6, 6.07) is 12.5. The van der Waals surface area contributed by atoms with Crippen molar-refractivity contribution in [2.24, 2.45) is 0 Å². The van der Waals surface area contributed by atoms with Crippen molar-refractivity contribution in [1.29, 1.82) is 0 Å². The number of carbonyl (C=O) groups is 2. The fraction of sp³-hybridized carbons (Fsp3) is 0.0500. The molecule has 0 aromatic heterocycles. The van der Waals surface area contributed by atoms with Crippen molar-refractivity contribution in [2.45, 2.75) is 0 Å². The SMILES string of the molecule is C=CCNC(=O)c1ccccc1NC(=S)NC(=O)C=Cc1ccc(F)cc1. The molecule has 27 heavy (non-hydrogen) atoms. The van der Waals surface area contributed by atoms with E-state index in [1.807, 2.05) is 0 Å². The molecule has 2 aromatic rings. The lowest BCUT2D eigenvalue weighted by Gasteiger charge is -2.12. The highest BCUT2D eigenvalue weighted by Gasteiger charge is 2.11. The molecule has 2 aromatic carbocycles. The van der Waals surface area contributed by atoms with Crippen molar-refractivity contribution in [3.05, 3.63) is 84.2 Å². The second kappa shape index (κ2) is 9.98. The molecule has 0 heterocycles. The van der Waals surface area contributed by atoms with Crippen LogP contribution < -0.4 is 16.0 Å². The summed E-state index contributed by atoms with van der Waals surface area (Å²) < 4.78 is 12.9. The molecule has 0 unspecified atom stereocenters. The molecule has 7 heteroatoms. The van der Waals surface area contributed by atoms with Gasteiger partial charge in [-0.1, -0.05) is 30.3 Å². The number of anilines is 1. The number of thiocarbonyl (C=S) groups is 1. The van der Waals surface area contributed by atoms with E-state index in [4.69, 9.17) is 12.2 Å². The Bertz CT molecular complexity index is 879. The second-order valence-corrected chi connectivity index (χ2v) is 5.78. The molecule has 0 radical (unpaired) electrons. The first kappa shape index (κ1) is 20.0. The highest BCUT2D eigenvalue weighted by molar-refractivity contribution is 7.80. The van der Waals surface area contributed by atoms with Crippen LogP contribution in [0.1, 0.15) is 15.9 Å². The van der Waals surface area contributed by atoms with E-state index < -0.39 is 5.91 Å². The van der Waals surface area contributed by atoms with Crippen molar-refractivity contribution in [1.82, 2.24) is 10.6 Å². The van der Waals surface area contributed by atoms with E-state index in [1.54, 1.807) is 42.5 Å². The van der Waals surface area contributed by atoms with Gasteiger partial charge in [-0.2, -0.15) is 0 Å². The lowest BCUT2D eigenvalue weighted by Crippen LogP contribution is -2.34. The summed E-state index contributed by atoms with van der Waals surface area (Å²) >= 11 is 5.12. The van der Waals surface area contributed by atoms with Crippen molar-refractivity contribution in [3.8, 4) is 0 Å². The van der Waals surface area contributed by atoms with E-state index in [-0.39, 0.29) is 16.8 Å². The van der Waals surface area contributed by atoms with E-state index in [9.17, 15) is 14.0 Å². The summed E-state index contributed by atoms with van der Waals surface area (Å²) in [5.74, 6) is -1.09. The minimum absolute atomic E-state index is 0.0488. The average molecular weight is 383 g/mol. The Balaban J connectivity index is 1.97. The molecular formula is C20H18FN3O2S. The quantitative estimate of drug-likeness (QED) is 0.407. The van der Waals surface area contributed by atoms with Crippen molar-refractivity contribution in [3.63, 3.8) is 0 Å². The molecule has 0 bridgehead atoms. The van der Waals surface area contributed by atoms with Crippen molar-refractivity contribution in [2.75, 3.05) is 11.9 Å². The lowest BCUT2D eigenvalue weighted by atomic mass is 10.1. The molecule has 0 saturated carbocycles. The van der Waals surface area contributed by atoms with Crippen molar-refractivity contribution >= 4 is 40.9 Å². The Morgan fingerprint density at radius 1 is 1.11 bits per heavy atom. The number of halogens is 1. The van der Waals surface area contributed by atoms with Gasteiger partial charge in [0.25, 0.3) is 5.91 Å². The molecule has 0 aliphatic carbocycles. The van der Waals surface area contributed by atoms with Gasteiger partial charge in [-0.25, -0.2) is 4.39 Å². The van der Waals surface area contributed by atoms with Gasteiger partial charge in [0.2, 0.25) is 5.91 Å². The standard InChI is InChI=1S/C20H18FN3O2S/c1-2-13-22-19(26)16-5-3-4-6-17(16)23-20(27)24-18(25)12-9-14-7-10-15(21)11-8-14/h2-12H,1,13H2,(H,22,26)(H2,23,24,25,27). The molecule has 2 amide bonds. The van der Waals surface area contributed by atoms with E-state index in [0.717, 1.165) is 0 Å². The third-order valence-corrected chi connectivity index (χ3v) is 3.56. The van der Waals surface area contributed by atoms with E-state index in [0.29, 0.717) is 23.4 Å². The minimum Gasteiger partial charge on any atom is -0.349 e. The maximum atomic E-state index is 12.9. The van der Waals surface area contributed by atoms with Gasteiger partial charge in [0.1, 0.15) is 5.82 Å². The lowest BCUT2D eigenvalue weighted by molar-refractivity contribution is -0.115. The maximum absolute atomic E-state index is 12.9. The van der Waals surface area contributed by atoms with Gasteiger partial charge < -0.3 is 10.6 Å². The highest BCUT2D eigenvalue weighted by Crippen LogP contribution is 2.14. The summed E-state index contributed by atoms with van der Waals surface area (Å²) in [5.41, 5.74) is 1.53. The van der Waals surface area contributed by atoms with E-state index >= 15 is 0 Å². The summed E-state index contributed by atoms with van der Waals surface area (Å²) in [6.07, 6.45) is 4.39. The number of benzene rings is 2. The first-order chi connectivity index (χ1) is 13.0. The molecular weight excluding hydrogens is 365 g/mol. The molecule has 138 valence electrons. The zero-order valence-corrected chi connectivity index (χ0v) is 15.2. The predicted octanol–water partition coefficient (Wildman–Crippen LogP) is 3.27. The number of hydrogen-bond acceptors (Lipinski definition) is 3. The predicted molar refractivity (Wildman–Crippen MR) is 109 cm³/mol. The van der Waals surface area contributed by atoms with Crippen LogP contribution in [-0.2, 0) is 4.79 Å². The Morgan fingerprint density at radius 2 is 1.81 bits per heavy atom. The smallest absolute Gasteiger partial charge is 0.253 e. The monoisotopic (exact) mass is 383 g/mol. The van der Waals surface area contributed by atoms with Gasteiger partial charge in [-0.05, 0) is 48.1 Å². The Kier molecular flexibility index (Phi) is 7.39. The molecule has 0 aliphatic heterocycles. The number of rotatable bonds is 6. The van der Waals surface area contributed by atoms with Gasteiger partial charge in [-0.3, -0.25) is 14.9 Å². The maximum Gasteiger partial charge on any atom is 0.253 e. The number of para-hydroxylation sites is 1. The Morgan fingerprint density at radius 3 is 2.52 bits per heavy atom. The number of hydrogen-bond donors (Lipinski definition) is 3. The molecule has 3 N–H and O–H groups in total. The molecule has 0 atom stereocenters. The van der Waals surface area contributed by atoms with Gasteiger partial charge in [0.05, 0.1) is 11.3 Å². The first-order valence-corrected chi connectivity index (χ1v) is 8.44. The van der Waals surface area contributed by atoms with Gasteiger partial charge in [0, 0.05) is 12.6 Å². The first-order valence-electron chi connectivity index (χ1n) is 8.03. The molecule has 0 fully saturated rings. The van der Waals surface area contributed by atoms with Crippen LogP contribution in [0.4, 0.5) is 10.1 Å². The van der Waals surface area contributed by atoms with Gasteiger partial charge in [-0.15, -0.1) is 6.58 Å². The van der Waals surface area contributed by atoms with Crippen LogP contribution in [0, 0.1) is 5.82 Å². The Labute approximate surface area is 162 Å². The molecule has 2 rings (SSSR count).